The molecule has 1 aromatic heterocycles. The molecule has 2 amide bonds. The minimum atomic E-state index is -0.322. The van der Waals surface area contributed by atoms with E-state index in [2.05, 4.69) is 20.9 Å². The van der Waals surface area contributed by atoms with Crippen molar-refractivity contribution in [2.24, 2.45) is 0 Å². The maximum absolute atomic E-state index is 12.3. The molecule has 0 N–H and O–H groups in total. The predicted molar refractivity (Wildman–Crippen MR) is 79.2 cm³/mol. The third-order valence-electron chi connectivity index (χ3n) is 3.25. The molecule has 4 nitrogen and oxygen atoms in total. The number of benzene rings is 1. The molecular weight excluding hydrogens is 320 g/mol. The topological polar surface area (TPSA) is 50.3 Å². The number of aromatic nitrogens is 1. The SMILES string of the molecule is C[C@H](Br)c1ccnc(N2C(=O)c3ccccc3C2=O)c1. The van der Waals surface area contributed by atoms with Crippen LogP contribution in [0.1, 0.15) is 38.0 Å². The number of amides is 2. The summed E-state index contributed by atoms with van der Waals surface area (Å²) in [6.07, 6.45) is 1.60. The van der Waals surface area contributed by atoms with E-state index in [0.717, 1.165) is 10.5 Å². The van der Waals surface area contributed by atoms with Crippen LogP contribution in [0.4, 0.5) is 5.82 Å². The summed E-state index contributed by atoms with van der Waals surface area (Å²) in [5.74, 6) is -0.282. The fraction of sp³-hybridized carbons (Fsp3) is 0.133. The third kappa shape index (κ3) is 1.94. The van der Waals surface area contributed by atoms with Crippen molar-refractivity contribution in [1.29, 1.82) is 0 Å². The average Bonchev–Trinajstić information content (AvgIpc) is 2.72. The lowest BCUT2D eigenvalue weighted by atomic mass is 10.1. The Hall–Kier alpha value is -2.01. The Kier molecular flexibility index (Phi) is 3.14. The van der Waals surface area contributed by atoms with Gasteiger partial charge in [-0.1, -0.05) is 28.1 Å². The molecule has 0 aliphatic carbocycles. The maximum Gasteiger partial charge on any atom is 0.267 e. The first-order valence-corrected chi connectivity index (χ1v) is 7.09. The summed E-state index contributed by atoms with van der Waals surface area (Å²) >= 11 is 3.47. The van der Waals surface area contributed by atoms with E-state index in [4.69, 9.17) is 0 Å². The summed E-state index contributed by atoms with van der Waals surface area (Å²) in [7, 11) is 0. The Balaban J connectivity index is 2.07. The molecule has 2 aromatic rings. The van der Waals surface area contributed by atoms with Gasteiger partial charge in [0.1, 0.15) is 5.82 Å². The average molecular weight is 331 g/mol. The summed E-state index contributed by atoms with van der Waals surface area (Å²) in [5, 5.41) is 0. The van der Waals surface area contributed by atoms with Crippen molar-refractivity contribution in [2.75, 3.05) is 4.90 Å². The predicted octanol–water partition coefficient (Wildman–Crippen LogP) is 3.34. The highest BCUT2D eigenvalue weighted by molar-refractivity contribution is 9.09. The molecule has 0 fully saturated rings. The molecule has 0 bridgehead atoms. The maximum atomic E-state index is 12.3. The molecule has 2 heterocycles. The molecule has 3 rings (SSSR count). The first kappa shape index (κ1) is 13.0. The van der Waals surface area contributed by atoms with Crippen molar-refractivity contribution in [3.63, 3.8) is 0 Å². The molecule has 100 valence electrons. The van der Waals surface area contributed by atoms with E-state index in [0.29, 0.717) is 16.9 Å². The smallest absolute Gasteiger partial charge is 0.267 e. The second-order valence-electron chi connectivity index (χ2n) is 4.55. The number of hydrogen-bond acceptors (Lipinski definition) is 3. The molecule has 0 saturated carbocycles. The van der Waals surface area contributed by atoms with Crippen LogP contribution in [0.15, 0.2) is 42.6 Å². The number of anilines is 1. The van der Waals surface area contributed by atoms with Crippen LogP contribution in [-0.2, 0) is 0 Å². The van der Waals surface area contributed by atoms with Crippen molar-refractivity contribution in [3.05, 3.63) is 59.3 Å². The van der Waals surface area contributed by atoms with Crippen LogP contribution in [-0.4, -0.2) is 16.8 Å². The van der Waals surface area contributed by atoms with Gasteiger partial charge in [-0.05, 0) is 36.8 Å². The highest BCUT2D eigenvalue weighted by Crippen LogP contribution is 2.29. The van der Waals surface area contributed by atoms with Gasteiger partial charge in [0.25, 0.3) is 11.8 Å². The summed E-state index contributed by atoms with van der Waals surface area (Å²) in [6, 6.07) is 10.4. The molecule has 0 radical (unpaired) electrons. The number of pyridine rings is 1. The zero-order valence-electron chi connectivity index (χ0n) is 10.7. The van der Waals surface area contributed by atoms with Gasteiger partial charge in [0, 0.05) is 11.0 Å². The lowest BCUT2D eigenvalue weighted by Gasteiger charge is -2.14. The zero-order chi connectivity index (χ0) is 14.3. The lowest BCUT2D eigenvalue weighted by Crippen LogP contribution is -2.30. The van der Waals surface area contributed by atoms with Crippen LogP contribution in [0, 0.1) is 0 Å². The summed E-state index contributed by atoms with van der Waals surface area (Å²) < 4.78 is 0. The fourth-order valence-corrected chi connectivity index (χ4v) is 2.49. The van der Waals surface area contributed by atoms with Gasteiger partial charge in [-0.2, -0.15) is 0 Å². The molecule has 1 aliphatic heterocycles. The number of carbonyl (C=O) groups is 2. The molecule has 0 saturated heterocycles. The van der Waals surface area contributed by atoms with Crippen molar-refractivity contribution >= 4 is 33.6 Å². The lowest BCUT2D eigenvalue weighted by molar-refractivity contribution is 0.0925. The number of nitrogens with zero attached hydrogens (tertiary/aromatic N) is 2. The van der Waals surface area contributed by atoms with Crippen LogP contribution in [0.2, 0.25) is 0 Å². The Labute approximate surface area is 124 Å². The van der Waals surface area contributed by atoms with Gasteiger partial charge in [0.05, 0.1) is 11.1 Å². The molecule has 0 unspecified atom stereocenters. The number of rotatable bonds is 2. The van der Waals surface area contributed by atoms with E-state index in [1.165, 1.54) is 0 Å². The number of hydrogen-bond donors (Lipinski definition) is 0. The molecule has 0 spiro atoms. The first-order valence-electron chi connectivity index (χ1n) is 6.17. The Morgan fingerprint density at radius 3 is 2.25 bits per heavy atom. The van der Waals surface area contributed by atoms with Gasteiger partial charge in [-0.3, -0.25) is 9.59 Å². The summed E-state index contributed by atoms with van der Waals surface area (Å²) in [6.45, 7) is 1.97. The van der Waals surface area contributed by atoms with Crippen LogP contribution >= 0.6 is 15.9 Å². The summed E-state index contributed by atoms with van der Waals surface area (Å²) in [4.78, 5) is 30.1. The normalized spacial score (nSPS) is 15.4. The van der Waals surface area contributed by atoms with Crippen molar-refractivity contribution in [3.8, 4) is 0 Å². The molecule has 1 atom stereocenters. The Morgan fingerprint density at radius 2 is 1.70 bits per heavy atom. The minimum absolute atomic E-state index is 0.124. The van der Waals surface area contributed by atoms with E-state index in [9.17, 15) is 9.59 Å². The second-order valence-corrected chi connectivity index (χ2v) is 5.93. The molecule has 1 aliphatic rings. The van der Waals surface area contributed by atoms with Crippen LogP contribution in [0.5, 0.6) is 0 Å². The highest BCUT2D eigenvalue weighted by atomic mass is 79.9. The van der Waals surface area contributed by atoms with E-state index < -0.39 is 0 Å². The summed E-state index contributed by atoms with van der Waals surface area (Å²) in [5.41, 5.74) is 1.82. The zero-order valence-corrected chi connectivity index (χ0v) is 12.3. The van der Waals surface area contributed by atoms with Crippen molar-refractivity contribution in [1.82, 2.24) is 4.98 Å². The fourth-order valence-electron chi connectivity index (χ4n) is 2.20. The van der Waals surface area contributed by atoms with E-state index >= 15 is 0 Å². The van der Waals surface area contributed by atoms with E-state index in [-0.39, 0.29) is 16.6 Å². The third-order valence-corrected chi connectivity index (χ3v) is 3.78. The van der Waals surface area contributed by atoms with Crippen LogP contribution in [0.25, 0.3) is 0 Å². The Bertz CT molecular complexity index is 678. The van der Waals surface area contributed by atoms with Crippen molar-refractivity contribution < 1.29 is 9.59 Å². The van der Waals surface area contributed by atoms with E-state index in [1.807, 2.05) is 13.0 Å². The van der Waals surface area contributed by atoms with Gasteiger partial charge in [0.2, 0.25) is 0 Å². The van der Waals surface area contributed by atoms with Gasteiger partial charge in [0.15, 0.2) is 0 Å². The van der Waals surface area contributed by atoms with Crippen LogP contribution < -0.4 is 4.90 Å². The first-order chi connectivity index (χ1) is 9.59. The monoisotopic (exact) mass is 330 g/mol. The number of carbonyl (C=O) groups excluding carboxylic acids is 2. The number of halogens is 1. The standard InChI is InChI=1S/C15H11BrN2O2/c1-9(16)10-6-7-17-13(8-10)18-14(19)11-4-2-3-5-12(11)15(18)20/h2-9H,1H3/t9-/m0/s1. The molecule has 1 aromatic carbocycles. The van der Waals surface area contributed by atoms with E-state index in [1.54, 1.807) is 36.5 Å². The molecular formula is C15H11BrN2O2. The van der Waals surface area contributed by atoms with Gasteiger partial charge >= 0.3 is 0 Å². The molecule has 5 heteroatoms. The van der Waals surface area contributed by atoms with Crippen molar-refractivity contribution in [2.45, 2.75) is 11.8 Å². The second kappa shape index (κ2) is 4.83. The quantitative estimate of drug-likeness (QED) is 0.626. The van der Waals surface area contributed by atoms with Gasteiger partial charge < -0.3 is 0 Å². The molecule has 20 heavy (non-hydrogen) atoms. The number of imide groups is 1. The number of fused-ring (bicyclic) bond motifs is 1. The number of alkyl halides is 1. The van der Waals surface area contributed by atoms with Crippen LogP contribution in [0.3, 0.4) is 0 Å². The van der Waals surface area contributed by atoms with Gasteiger partial charge in [-0.25, -0.2) is 9.88 Å². The highest BCUT2D eigenvalue weighted by Gasteiger charge is 2.37. The Morgan fingerprint density at radius 1 is 1.10 bits per heavy atom. The minimum Gasteiger partial charge on any atom is -0.268 e. The van der Waals surface area contributed by atoms with Gasteiger partial charge in [-0.15, -0.1) is 0 Å². The largest absolute Gasteiger partial charge is 0.268 e.